The Balaban J connectivity index is 1.58. The molecule has 24 heavy (non-hydrogen) atoms. The third-order valence-electron chi connectivity index (χ3n) is 4.60. The van der Waals surface area contributed by atoms with Crippen LogP contribution < -0.4 is 10.1 Å². The van der Waals surface area contributed by atoms with E-state index in [1.54, 1.807) is 18.2 Å². The fourth-order valence-corrected chi connectivity index (χ4v) is 3.43. The van der Waals surface area contributed by atoms with Gasteiger partial charge in [0, 0.05) is 18.8 Å². The molecule has 0 bridgehead atoms. The Hall–Kier alpha value is -1.95. The molecule has 1 saturated heterocycles. The number of amides is 2. The van der Waals surface area contributed by atoms with Crippen LogP contribution in [-0.2, 0) is 4.79 Å². The zero-order valence-electron chi connectivity index (χ0n) is 13.3. The van der Waals surface area contributed by atoms with Gasteiger partial charge in [0.2, 0.25) is 0 Å². The lowest BCUT2D eigenvalue weighted by molar-refractivity contribution is -0.141. The van der Waals surface area contributed by atoms with E-state index in [1.165, 1.54) is 17.7 Å². The van der Waals surface area contributed by atoms with E-state index in [-0.39, 0.29) is 18.7 Å². The molecule has 6 nitrogen and oxygen atoms in total. The highest BCUT2D eigenvalue weighted by atomic mass is 35.5. The summed E-state index contributed by atoms with van der Waals surface area (Å²) in [6.45, 7) is 0.678. The second kappa shape index (κ2) is 7.30. The molecule has 1 aromatic carbocycles. The Morgan fingerprint density at radius 2 is 2.00 bits per heavy atom. The number of rotatable bonds is 4. The summed E-state index contributed by atoms with van der Waals surface area (Å²) in [6, 6.07) is 4.87. The lowest BCUT2D eigenvalue weighted by atomic mass is 10.1. The Morgan fingerprint density at radius 1 is 1.25 bits per heavy atom. The van der Waals surface area contributed by atoms with E-state index in [0.29, 0.717) is 29.4 Å². The molecule has 0 spiro atoms. The summed E-state index contributed by atoms with van der Waals surface area (Å²) < 4.78 is 5.89. The van der Waals surface area contributed by atoms with E-state index in [4.69, 9.17) is 21.4 Å². The molecule has 130 valence electrons. The minimum Gasteiger partial charge on any atom is -0.489 e. The van der Waals surface area contributed by atoms with Gasteiger partial charge < -0.3 is 20.1 Å². The summed E-state index contributed by atoms with van der Waals surface area (Å²) in [5, 5.41) is 12.2. The quantitative estimate of drug-likeness (QED) is 0.867. The first-order valence-corrected chi connectivity index (χ1v) is 8.65. The van der Waals surface area contributed by atoms with Crippen molar-refractivity contribution in [1.82, 2.24) is 4.90 Å². The number of nitrogens with zero attached hydrogens (tertiary/aromatic N) is 1. The summed E-state index contributed by atoms with van der Waals surface area (Å²) in [5.41, 5.74) is 0.572. The fraction of sp³-hybridized carbons (Fsp3) is 0.529. The van der Waals surface area contributed by atoms with Gasteiger partial charge in [-0.25, -0.2) is 4.79 Å². The van der Waals surface area contributed by atoms with Crippen LogP contribution in [-0.4, -0.2) is 41.2 Å². The van der Waals surface area contributed by atoms with Crippen LogP contribution in [0.3, 0.4) is 0 Å². The molecule has 1 heterocycles. The normalized spacial score (nSPS) is 21.0. The van der Waals surface area contributed by atoms with Gasteiger partial charge in [-0.05, 0) is 50.3 Å². The van der Waals surface area contributed by atoms with Crippen LogP contribution in [0.2, 0.25) is 5.02 Å². The number of carboxylic acids is 1. The van der Waals surface area contributed by atoms with Crippen molar-refractivity contribution < 1.29 is 19.4 Å². The predicted molar refractivity (Wildman–Crippen MR) is 90.7 cm³/mol. The molecule has 2 amide bonds. The molecule has 1 aliphatic carbocycles. The Bertz CT molecular complexity index is 631. The van der Waals surface area contributed by atoms with Crippen molar-refractivity contribution in [2.24, 2.45) is 5.92 Å². The van der Waals surface area contributed by atoms with Gasteiger partial charge in [-0.3, -0.25) is 4.79 Å². The number of carbonyl (C=O) groups is 2. The van der Waals surface area contributed by atoms with E-state index < -0.39 is 11.9 Å². The van der Waals surface area contributed by atoms with E-state index in [2.05, 4.69) is 5.32 Å². The van der Waals surface area contributed by atoms with E-state index in [0.717, 1.165) is 12.8 Å². The maximum absolute atomic E-state index is 12.2. The minimum atomic E-state index is -0.859. The van der Waals surface area contributed by atoms with Crippen molar-refractivity contribution >= 4 is 29.3 Å². The lowest BCUT2D eigenvalue weighted by Gasteiger charge is -2.18. The summed E-state index contributed by atoms with van der Waals surface area (Å²) >= 11 is 6.25. The smallest absolute Gasteiger partial charge is 0.321 e. The molecule has 1 saturated carbocycles. The van der Waals surface area contributed by atoms with Crippen LogP contribution in [0.4, 0.5) is 10.5 Å². The van der Waals surface area contributed by atoms with Crippen molar-refractivity contribution in [3.8, 4) is 5.75 Å². The number of benzene rings is 1. The number of halogens is 1. The van der Waals surface area contributed by atoms with Crippen LogP contribution >= 0.6 is 11.6 Å². The Labute approximate surface area is 145 Å². The first-order valence-electron chi connectivity index (χ1n) is 8.28. The van der Waals surface area contributed by atoms with E-state index in [1.807, 2.05) is 0 Å². The molecule has 7 heteroatoms. The zero-order chi connectivity index (χ0) is 17.1. The first kappa shape index (κ1) is 16.9. The lowest BCUT2D eigenvalue weighted by Crippen LogP contribution is -2.33. The maximum Gasteiger partial charge on any atom is 0.321 e. The fourth-order valence-electron chi connectivity index (χ4n) is 3.21. The van der Waals surface area contributed by atoms with Gasteiger partial charge in [0.25, 0.3) is 0 Å². The monoisotopic (exact) mass is 352 g/mol. The van der Waals surface area contributed by atoms with Crippen LogP contribution in [0.25, 0.3) is 0 Å². The molecular formula is C17H21ClN2O4. The molecule has 0 radical (unpaired) electrons. The van der Waals surface area contributed by atoms with Gasteiger partial charge in [-0.2, -0.15) is 0 Å². The molecule has 1 aliphatic heterocycles. The standard InChI is InChI=1S/C17H21ClN2O4/c18-14-9-12(5-6-15(14)24-13-3-1-2-4-13)19-17(23)20-8-7-11(10-20)16(21)22/h5-6,9,11,13H,1-4,7-8,10H2,(H,19,23)(H,21,22). The van der Waals surface area contributed by atoms with E-state index in [9.17, 15) is 9.59 Å². The van der Waals surface area contributed by atoms with Crippen LogP contribution in [0.1, 0.15) is 32.1 Å². The molecule has 2 fully saturated rings. The van der Waals surface area contributed by atoms with Gasteiger partial charge in [-0.1, -0.05) is 11.6 Å². The number of likely N-dealkylation sites (tertiary alicyclic amines) is 1. The zero-order valence-corrected chi connectivity index (χ0v) is 14.1. The van der Waals surface area contributed by atoms with Crippen molar-refractivity contribution in [3.05, 3.63) is 23.2 Å². The summed E-state index contributed by atoms with van der Waals surface area (Å²) in [6.07, 6.45) is 5.17. The van der Waals surface area contributed by atoms with Crippen molar-refractivity contribution in [2.45, 2.75) is 38.2 Å². The van der Waals surface area contributed by atoms with Gasteiger partial charge >= 0.3 is 12.0 Å². The molecule has 1 atom stereocenters. The number of urea groups is 1. The third kappa shape index (κ3) is 3.93. The number of carbonyl (C=O) groups excluding carboxylic acids is 1. The molecule has 1 unspecified atom stereocenters. The summed E-state index contributed by atoms with van der Waals surface area (Å²) in [7, 11) is 0. The highest BCUT2D eigenvalue weighted by Crippen LogP contribution is 2.32. The van der Waals surface area contributed by atoms with Gasteiger partial charge in [0.15, 0.2) is 0 Å². The summed E-state index contributed by atoms with van der Waals surface area (Å²) in [5.74, 6) is -0.711. The van der Waals surface area contributed by atoms with Crippen LogP contribution in [0.15, 0.2) is 18.2 Å². The second-order valence-electron chi connectivity index (χ2n) is 6.37. The van der Waals surface area contributed by atoms with Gasteiger partial charge in [0.1, 0.15) is 5.75 Å². The molecule has 2 N–H and O–H groups in total. The molecule has 2 aliphatic rings. The van der Waals surface area contributed by atoms with Crippen LogP contribution in [0.5, 0.6) is 5.75 Å². The number of nitrogens with one attached hydrogen (secondary N) is 1. The van der Waals surface area contributed by atoms with Gasteiger partial charge in [0.05, 0.1) is 17.0 Å². The Morgan fingerprint density at radius 3 is 2.62 bits per heavy atom. The molecular weight excluding hydrogens is 332 g/mol. The van der Waals surface area contributed by atoms with E-state index >= 15 is 0 Å². The number of hydrogen-bond donors (Lipinski definition) is 2. The molecule has 0 aromatic heterocycles. The minimum absolute atomic E-state index is 0.223. The van der Waals surface area contributed by atoms with Crippen molar-refractivity contribution in [3.63, 3.8) is 0 Å². The Kier molecular flexibility index (Phi) is 5.14. The largest absolute Gasteiger partial charge is 0.489 e. The SMILES string of the molecule is O=C(O)C1CCN(C(=O)Nc2ccc(OC3CCCC3)c(Cl)c2)C1. The summed E-state index contributed by atoms with van der Waals surface area (Å²) in [4.78, 5) is 24.7. The number of anilines is 1. The second-order valence-corrected chi connectivity index (χ2v) is 6.78. The number of hydrogen-bond acceptors (Lipinski definition) is 3. The topological polar surface area (TPSA) is 78.9 Å². The molecule has 1 aromatic rings. The van der Waals surface area contributed by atoms with Gasteiger partial charge in [-0.15, -0.1) is 0 Å². The average molecular weight is 353 g/mol. The maximum atomic E-state index is 12.2. The van der Waals surface area contributed by atoms with Crippen molar-refractivity contribution in [1.29, 1.82) is 0 Å². The predicted octanol–water partition coefficient (Wildman–Crippen LogP) is 3.60. The number of ether oxygens (including phenoxy) is 1. The number of aliphatic carboxylic acids is 1. The molecule has 3 rings (SSSR count). The highest BCUT2D eigenvalue weighted by molar-refractivity contribution is 6.32. The first-order chi connectivity index (χ1) is 11.5. The average Bonchev–Trinajstić information content (AvgIpc) is 3.21. The van der Waals surface area contributed by atoms with Crippen molar-refractivity contribution in [2.75, 3.05) is 18.4 Å². The number of carboxylic acid groups (broad SMARTS) is 1. The third-order valence-corrected chi connectivity index (χ3v) is 4.90. The highest BCUT2D eigenvalue weighted by Gasteiger charge is 2.30. The van der Waals surface area contributed by atoms with Crippen LogP contribution in [0, 0.1) is 5.92 Å².